The number of carbonyl (C=O) groups is 2. The van der Waals surface area contributed by atoms with Crippen molar-refractivity contribution in [3.05, 3.63) is 29.6 Å². The van der Waals surface area contributed by atoms with Crippen molar-refractivity contribution in [2.75, 3.05) is 5.32 Å². The standard InChI is InChI=1S/C13H14FN3O3/c1-13(2,6-11(18)19)17-12(20)16-9-3-4-10(14)8(5-9)7-15/h3-5H,6H2,1-2H3,(H,18,19)(H2,16,17,20). The first-order valence-corrected chi connectivity index (χ1v) is 5.74. The molecule has 0 aliphatic carbocycles. The lowest BCUT2D eigenvalue weighted by molar-refractivity contribution is -0.138. The summed E-state index contributed by atoms with van der Waals surface area (Å²) in [5.41, 5.74) is -0.882. The molecule has 106 valence electrons. The minimum absolute atomic E-state index is 0.187. The number of nitrogens with one attached hydrogen (secondary N) is 2. The highest BCUT2D eigenvalue weighted by atomic mass is 19.1. The summed E-state index contributed by atoms with van der Waals surface area (Å²) >= 11 is 0. The zero-order valence-electron chi connectivity index (χ0n) is 11.0. The van der Waals surface area contributed by atoms with Gasteiger partial charge in [0.15, 0.2) is 0 Å². The van der Waals surface area contributed by atoms with Crippen molar-refractivity contribution in [2.45, 2.75) is 25.8 Å². The summed E-state index contributed by atoms with van der Waals surface area (Å²) in [5, 5.41) is 22.3. The third-order valence-electron chi connectivity index (χ3n) is 2.39. The van der Waals surface area contributed by atoms with E-state index in [4.69, 9.17) is 10.4 Å². The van der Waals surface area contributed by atoms with Gasteiger partial charge in [-0.05, 0) is 32.0 Å². The molecule has 0 bridgehead atoms. The zero-order valence-corrected chi connectivity index (χ0v) is 11.0. The lowest BCUT2D eigenvalue weighted by Crippen LogP contribution is -2.46. The van der Waals surface area contributed by atoms with E-state index in [9.17, 15) is 14.0 Å². The molecule has 0 aliphatic rings. The van der Waals surface area contributed by atoms with Crippen molar-refractivity contribution >= 4 is 17.7 Å². The van der Waals surface area contributed by atoms with Crippen molar-refractivity contribution in [3.63, 3.8) is 0 Å². The first-order valence-electron chi connectivity index (χ1n) is 5.74. The molecule has 0 fully saturated rings. The monoisotopic (exact) mass is 279 g/mol. The number of nitrogens with zero attached hydrogens (tertiary/aromatic N) is 1. The Morgan fingerprint density at radius 2 is 2.10 bits per heavy atom. The number of benzene rings is 1. The number of rotatable bonds is 4. The maximum absolute atomic E-state index is 13.1. The quantitative estimate of drug-likeness (QED) is 0.785. The van der Waals surface area contributed by atoms with Crippen molar-refractivity contribution in [2.24, 2.45) is 0 Å². The summed E-state index contributed by atoms with van der Waals surface area (Å²) in [6, 6.07) is 4.59. The Kier molecular flexibility index (Phi) is 4.64. The van der Waals surface area contributed by atoms with Crippen molar-refractivity contribution < 1.29 is 19.1 Å². The molecule has 0 radical (unpaired) electrons. The molecular weight excluding hydrogens is 265 g/mol. The first kappa shape index (κ1) is 15.4. The smallest absolute Gasteiger partial charge is 0.319 e. The molecule has 0 aliphatic heterocycles. The second-order valence-corrected chi connectivity index (χ2v) is 4.84. The van der Waals surface area contributed by atoms with E-state index in [2.05, 4.69) is 10.6 Å². The molecule has 7 heteroatoms. The van der Waals surface area contributed by atoms with Crippen LogP contribution in [0.5, 0.6) is 0 Å². The highest BCUT2D eigenvalue weighted by Crippen LogP contribution is 2.14. The molecule has 0 aromatic heterocycles. The number of halogens is 1. The van der Waals surface area contributed by atoms with Gasteiger partial charge in [-0.2, -0.15) is 5.26 Å². The van der Waals surface area contributed by atoms with Crippen LogP contribution >= 0.6 is 0 Å². The van der Waals surface area contributed by atoms with Crippen molar-refractivity contribution in [3.8, 4) is 6.07 Å². The van der Waals surface area contributed by atoms with Crippen molar-refractivity contribution in [1.82, 2.24) is 5.32 Å². The molecular formula is C13H14FN3O3. The van der Waals surface area contributed by atoms with Gasteiger partial charge in [0.25, 0.3) is 0 Å². The van der Waals surface area contributed by atoms with Gasteiger partial charge in [0.2, 0.25) is 0 Å². The largest absolute Gasteiger partial charge is 0.481 e. The van der Waals surface area contributed by atoms with Crippen LogP contribution in [0.3, 0.4) is 0 Å². The first-order chi connectivity index (χ1) is 9.23. The second-order valence-electron chi connectivity index (χ2n) is 4.84. The Balaban J connectivity index is 2.72. The number of anilines is 1. The summed E-state index contributed by atoms with van der Waals surface area (Å²) < 4.78 is 13.1. The fourth-order valence-corrected chi connectivity index (χ4v) is 1.58. The Morgan fingerprint density at radius 1 is 1.45 bits per heavy atom. The number of aliphatic carboxylic acids is 1. The van der Waals surface area contributed by atoms with Crippen LogP contribution < -0.4 is 10.6 Å². The van der Waals surface area contributed by atoms with Gasteiger partial charge < -0.3 is 15.7 Å². The van der Waals surface area contributed by atoms with Crippen LogP contribution in [0.2, 0.25) is 0 Å². The van der Waals surface area contributed by atoms with E-state index in [1.54, 1.807) is 19.9 Å². The van der Waals surface area contributed by atoms with Crippen LogP contribution in [-0.4, -0.2) is 22.6 Å². The minimum Gasteiger partial charge on any atom is -0.481 e. The van der Waals surface area contributed by atoms with E-state index in [1.807, 2.05) is 0 Å². The average molecular weight is 279 g/mol. The molecule has 1 aromatic rings. The lowest BCUT2D eigenvalue weighted by atomic mass is 10.0. The number of hydrogen-bond acceptors (Lipinski definition) is 3. The molecule has 0 saturated carbocycles. The fourth-order valence-electron chi connectivity index (χ4n) is 1.58. The van der Waals surface area contributed by atoms with E-state index >= 15 is 0 Å². The summed E-state index contributed by atoms with van der Waals surface area (Å²) in [6.07, 6.45) is -0.243. The van der Waals surface area contributed by atoms with E-state index in [0.29, 0.717) is 0 Å². The van der Waals surface area contributed by atoms with Crippen molar-refractivity contribution in [1.29, 1.82) is 5.26 Å². The number of urea groups is 1. The molecule has 0 unspecified atom stereocenters. The summed E-state index contributed by atoms with van der Waals surface area (Å²) in [4.78, 5) is 22.3. The summed E-state index contributed by atoms with van der Waals surface area (Å²) in [7, 11) is 0. The lowest BCUT2D eigenvalue weighted by Gasteiger charge is -2.24. The van der Waals surface area contributed by atoms with E-state index < -0.39 is 23.4 Å². The molecule has 0 atom stereocenters. The second kappa shape index (κ2) is 6.02. The van der Waals surface area contributed by atoms with Gasteiger partial charge in [-0.25, -0.2) is 9.18 Å². The Hall–Kier alpha value is -2.62. The van der Waals surface area contributed by atoms with Crippen LogP contribution in [0.1, 0.15) is 25.8 Å². The van der Waals surface area contributed by atoms with Gasteiger partial charge in [-0.1, -0.05) is 0 Å². The highest BCUT2D eigenvalue weighted by Gasteiger charge is 2.23. The molecule has 1 rings (SSSR count). The molecule has 1 aromatic carbocycles. The Morgan fingerprint density at radius 3 is 2.65 bits per heavy atom. The third-order valence-corrected chi connectivity index (χ3v) is 2.39. The molecule has 3 N–H and O–H groups in total. The topological polar surface area (TPSA) is 102 Å². The predicted octanol–water partition coefficient (Wildman–Crippen LogP) is 2.07. The van der Waals surface area contributed by atoms with Crippen LogP contribution in [0.4, 0.5) is 14.9 Å². The van der Waals surface area contributed by atoms with Gasteiger partial charge in [0, 0.05) is 11.2 Å². The molecule has 6 nitrogen and oxygen atoms in total. The van der Waals surface area contributed by atoms with Gasteiger partial charge in [0.1, 0.15) is 11.9 Å². The number of amides is 2. The number of carboxylic acid groups (broad SMARTS) is 1. The molecule has 0 heterocycles. The summed E-state index contributed by atoms with van der Waals surface area (Å²) in [6.45, 7) is 3.12. The molecule has 0 spiro atoms. The minimum atomic E-state index is -1.04. The van der Waals surface area contributed by atoms with Crippen LogP contribution in [0, 0.1) is 17.1 Å². The predicted molar refractivity (Wildman–Crippen MR) is 69.6 cm³/mol. The van der Waals surface area contributed by atoms with E-state index in [0.717, 1.165) is 6.07 Å². The van der Waals surface area contributed by atoms with Crippen LogP contribution in [0.15, 0.2) is 18.2 Å². The Labute approximate surface area is 115 Å². The SMILES string of the molecule is CC(C)(CC(=O)O)NC(=O)Nc1ccc(F)c(C#N)c1. The summed E-state index contributed by atoms with van der Waals surface area (Å²) in [5.74, 6) is -1.71. The normalized spacial score (nSPS) is 10.5. The molecule has 2 amide bonds. The average Bonchev–Trinajstić information content (AvgIpc) is 2.28. The number of hydrogen-bond donors (Lipinski definition) is 3. The maximum atomic E-state index is 13.1. The fraction of sp³-hybridized carbons (Fsp3) is 0.308. The number of nitriles is 1. The van der Waals surface area contributed by atoms with Crippen LogP contribution in [0.25, 0.3) is 0 Å². The zero-order chi connectivity index (χ0) is 15.3. The van der Waals surface area contributed by atoms with Gasteiger partial charge >= 0.3 is 12.0 Å². The number of carboxylic acids is 1. The van der Waals surface area contributed by atoms with Gasteiger partial charge in [-0.3, -0.25) is 4.79 Å². The highest BCUT2D eigenvalue weighted by molar-refractivity contribution is 5.90. The molecule has 20 heavy (non-hydrogen) atoms. The van der Waals surface area contributed by atoms with E-state index in [-0.39, 0.29) is 17.7 Å². The van der Waals surface area contributed by atoms with E-state index in [1.165, 1.54) is 12.1 Å². The third kappa shape index (κ3) is 4.57. The number of carbonyl (C=O) groups excluding carboxylic acids is 1. The Bertz CT molecular complexity index is 579. The maximum Gasteiger partial charge on any atom is 0.319 e. The van der Waals surface area contributed by atoms with Gasteiger partial charge in [0.05, 0.1) is 12.0 Å². The van der Waals surface area contributed by atoms with Gasteiger partial charge in [-0.15, -0.1) is 0 Å². The van der Waals surface area contributed by atoms with Crippen LogP contribution in [-0.2, 0) is 4.79 Å². The molecule has 0 saturated heterocycles.